The predicted molar refractivity (Wildman–Crippen MR) is 95.8 cm³/mol. The molecule has 1 saturated heterocycles. The molecular weight excluding hydrogens is 373 g/mol. The SMILES string of the molecule is COc1cc(OC)c([C@@H](CCC(F)(F)F)N2CCNCC2)c(OC)c1.Cl. The molecule has 1 fully saturated rings. The summed E-state index contributed by atoms with van der Waals surface area (Å²) in [5.41, 5.74) is 0.636. The van der Waals surface area contributed by atoms with Crippen molar-refractivity contribution in [3.63, 3.8) is 0 Å². The topological polar surface area (TPSA) is 43.0 Å². The van der Waals surface area contributed by atoms with Gasteiger partial charge in [-0.25, -0.2) is 0 Å². The average molecular weight is 399 g/mol. The van der Waals surface area contributed by atoms with Gasteiger partial charge < -0.3 is 19.5 Å². The zero-order chi connectivity index (χ0) is 18.4. The van der Waals surface area contributed by atoms with E-state index in [0.717, 1.165) is 13.1 Å². The van der Waals surface area contributed by atoms with Crippen molar-refractivity contribution in [3.8, 4) is 17.2 Å². The molecule has 0 aliphatic carbocycles. The fourth-order valence-electron chi connectivity index (χ4n) is 3.16. The van der Waals surface area contributed by atoms with Gasteiger partial charge in [0, 0.05) is 50.8 Å². The number of nitrogens with zero attached hydrogens (tertiary/aromatic N) is 1. The Hall–Kier alpha value is -1.38. The Bertz CT molecular complexity index is 542. The molecule has 1 atom stereocenters. The van der Waals surface area contributed by atoms with E-state index < -0.39 is 18.6 Å². The number of methoxy groups -OCH3 is 3. The molecule has 0 saturated carbocycles. The van der Waals surface area contributed by atoms with Crippen molar-refractivity contribution in [2.24, 2.45) is 0 Å². The van der Waals surface area contributed by atoms with Gasteiger partial charge >= 0.3 is 6.18 Å². The van der Waals surface area contributed by atoms with Gasteiger partial charge in [0.15, 0.2) is 0 Å². The fourth-order valence-corrected chi connectivity index (χ4v) is 3.16. The summed E-state index contributed by atoms with van der Waals surface area (Å²) in [7, 11) is 4.51. The van der Waals surface area contributed by atoms with E-state index in [4.69, 9.17) is 14.2 Å². The van der Waals surface area contributed by atoms with Crippen molar-refractivity contribution >= 4 is 12.4 Å². The molecule has 1 aromatic rings. The minimum atomic E-state index is -4.21. The lowest BCUT2D eigenvalue weighted by atomic mass is 9.96. The van der Waals surface area contributed by atoms with E-state index >= 15 is 0 Å². The Balaban J connectivity index is 0.00000338. The van der Waals surface area contributed by atoms with Crippen LogP contribution in [0.5, 0.6) is 17.2 Å². The van der Waals surface area contributed by atoms with Gasteiger partial charge in [0.2, 0.25) is 0 Å². The number of alkyl halides is 3. The molecule has 1 aliphatic rings. The number of rotatable bonds is 7. The Morgan fingerprint density at radius 1 is 1.04 bits per heavy atom. The maximum absolute atomic E-state index is 12.9. The number of nitrogens with one attached hydrogen (secondary N) is 1. The minimum Gasteiger partial charge on any atom is -0.496 e. The smallest absolute Gasteiger partial charge is 0.389 e. The lowest BCUT2D eigenvalue weighted by Gasteiger charge is -2.36. The maximum atomic E-state index is 12.9. The first-order valence-electron chi connectivity index (χ1n) is 8.21. The molecule has 5 nitrogen and oxygen atoms in total. The average Bonchev–Trinajstić information content (AvgIpc) is 2.61. The van der Waals surface area contributed by atoms with Gasteiger partial charge in [-0.05, 0) is 6.42 Å². The summed E-state index contributed by atoms with van der Waals surface area (Å²) in [6.07, 6.45) is -5.12. The molecule has 150 valence electrons. The molecule has 1 N–H and O–H groups in total. The fraction of sp³-hybridized carbons (Fsp3) is 0.647. The van der Waals surface area contributed by atoms with E-state index in [1.807, 2.05) is 0 Å². The van der Waals surface area contributed by atoms with Crippen LogP contribution in [0.25, 0.3) is 0 Å². The summed E-state index contributed by atoms with van der Waals surface area (Å²) in [4.78, 5) is 2.05. The van der Waals surface area contributed by atoms with Crippen LogP contribution in [0.1, 0.15) is 24.4 Å². The molecule has 1 aromatic carbocycles. The Labute approximate surface area is 158 Å². The van der Waals surface area contributed by atoms with Crippen molar-refractivity contribution in [3.05, 3.63) is 17.7 Å². The summed E-state index contributed by atoms with van der Waals surface area (Å²) >= 11 is 0. The number of benzene rings is 1. The van der Waals surface area contributed by atoms with E-state index in [1.165, 1.54) is 21.3 Å². The highest BCUT2D eigenvalue weighted by Gasteiger charge is 2.34. The number of ether oxygens (including phenoxy) is 3. The molecule has 0 amide bonds. The number of hydrogen-bond donors (Lipinski definition) is 1. The molecule has 1 aliphatic heterocycles. The predicted octanol–water partition coefficient (Wildman–Crippen LogP) is 3.42. The summed E-state index contributed by atoms with van der Waals surface area (Å²) in [6.45, 7) is 2.81. The molecule has 9 heteroatoms. The van der Waals surface area contributed by atoms with Crippen LogP contribution in [0.4, 0.5) is 13.2 Å². The first kappa shape index (κ1) is 22.7. The summed E-state index contributed by atoms with van der Waals surface area (Å²) in [5, 5.41) is 3.22. The quantitative estimate of drug-likeness (QED) is 0.762. The Kier molecular flexibility index (Phi) is 8.79. The lowest BCUT2D eigenvalue weighted by Crippen LogP contribution is -2.45. The first-order valence-corrected chi connectivity index (χ1v) is 8.21. The van der Waals surface area contributed by atoms with E-state index in [9.17, 15) is 13.2 Å². The molecule has 0 unspecified atom stereocenters. The van der Waals surface area contributed by atoms with Crippen LogP contribution in [0.15, 0.2) is 12.1 Å². The first-order chi connectivity index (χ1) is 11.9. The van der Waals surface area contributed by atoms with Crippen LogP contribution in [-0.2, 0) is 0 Å². The largest absolute Gasteiger partial charge is 0.496 e. The van der Waals surface area contributed by atoms with Gasteiger partial charge in [-0.2, -0.15) is 13.2 Å². The zero-order valence-corrected chi connectivity index (χ0v) is 16.0. The molecule has 0 bridgehead atoms. The lowest BCUT2D eigenvalue weighted by molar-refractivity contribution is -0.138. The molecule has 2 rings (SSSR count). The van der Waals surface area contributed by atoms with Crippen molar-refractivity contribution in [1.29, 1.82) is 0 Å². The monoisotopic (exact) mass is 398 g/mol. The van der Waals surface area contributed by atoms with E-state index in [1.54, 1.807) is 12.1 Å². The van der Waals surface area contributed by atoms with Crippen molar-refractivity contribution in [1.82, 2.24) is 10.2 Å². The van der Waals surface area contributed by atoms with Gasteiger partial charge in [0.1, 0.15) is 17.2 Å². The summed E-state index contributed by atoms with van der Waals surface area (Å²) < 4.78 is 54.7. The van der Waals surface area contributed by atoms with Crippen LogP contribution < -0.4 is 19.5 Å². The minimum absolute atomic E-state index is 0. The van der Waals surface area contributed by atoms with Gasteiger partial charge in [-0.15, -0.1) is 12.4 Å². The van der Waals surface area contributed by atoms with Crippen molar-refractivity contribution < 1.29 is 27.4 Å². The highest BCUT2D eigenvalue weighted by atomic mass is 35.5. The van der Waals surface area contributed by atoms with E-state index in [-0.39, 0.29) is 18.8 Å². The van der Waals surface area contributed by atoms with Crippen LogP contribution >= 0.6 is 12.4 Å². The Morgan fingerprint density at radius 2 is 1.58 bits per heavy atom. The second-order valence-corrected chi connectivity index (χ2v) is 5.90. The third-order valence-electron chi connectivity index (χ3n) is 4.38. The van der Waals surface area contributed by atoms with Crippen LogP contribution in [0.3, 0.4) is 0 Å². The van der Waals surface area contributed by atoms with Crippen LogP contribution in [0, 0.1) is 0 Å². The van der Waals surface area contributed by atoms with Crippen LogP contribution in [-0.4, -0.2) is 58.6 Å². The second kappa shape index (κ2) is 10.1. The summed E-state index contributed by atoms with van der Waals surface area (Å²) in [6, 6.07) is 2.92. The molecule has 0 spiro atoms. The molecule has 0 aromatic heterocycles. The molecular formula is C17H26ClF3N2O3. The molecule has 1 heterocycles. The summed E-state index contributed by atoms with van der Waals surface area (Å²) in [5.74, 6) is 1.48. The van der Waals surface area contributed by atoms with E-state index in [0.29, 0.717) is 35.9 Å². The number of hydrogen-bond acceptors (Lipinski definition) is 5. The van der Waals surface area contributed by atoms with Crippen LogP contribution in [0.2, 0.25) is 0 Å². The Morgan fingerprint density at radius 3 is 2.00 bits per heavy atom. The van der Waals surface area contributed by atoms with Gasteiger partial charge in [-0.1, -0.05) is 0 Å². The van der Waals surface area contributed by atoms with Gasteiger partial charge in [0.05, 0.1) is 26.9 Å². The number of piperazine rings is 1. The standard InChI is InChI=1S/C17H25F3N2O3.ClH/c1-23-12-10-14(24-2)16(15(11-12)25-3)13(4-5-17(18,19)20)22-8-6-21-7-9-22;/h10-11,13,21H,4-9H2,1-3H3;1H/t13-;/m1./s1. The van der Waals surface area contributed by atoms with Gasteiger partial charge in [-0.3, -0.25) is 4.90 Å². The molecule has 0 radical (unpaired) electrons. The third-order valence-corrected chi connectivity index (χ3v) is 4.38. The van der Waals surface area contributed by atoms with Crippen molar-refractivity contribution in [2.75, 3.05) is 47.5 Å². The number of halogens is 4. The highest BCUT2D eigenvalue weighted by Crippen LogP contribution is 2.43. The molecule has 26 heavy (non-hydrogen) atoms. The normalized spacial score (nSPS) is 16.5. The maximum Gasteiger partial charge on any atom is 0.389 e. The van der Waals surface area contributed by atoms with Crippen molar-refractivity contribution in [2.45, 2.75) is 25.1 Å². The highest BCUT2D eigenvalue weighted by molar-refractivity contribution is 5.85. The third kappa shape index (κ3) is 5.82. The zero-order valence-electron chi connectivity index (χ0n) is 15.2. The van der Waals surface area contributed by atoms with E-state index in [2.05, 4.69) is 10.2 Å². The second-order valence-electron chi connectivity index (χ2n) is 5.90. The van der Waals surface area contributed by atoms with Gasteiger partial charge in [0.25, 0.3) is 0 Å².